The summed E-state index contributed by atoms with van der Waals surface area (Å²) in [4.78, 5) is 6.87. The summed E-state index contributed by atoms with van der Waals surface area (Å²) in [6.45, 7) is 3.86. The highest BCUT2D eigenvalue weighted by Gasteiger charge is 2.25. The van der Waals surface area contributed by atoms with Crippen LogP contribution in [0.15, 0.2) is 35.3 Å². The van der Waals surface area contributed by atoms with E-state index in [1.54, 1.807) is 0 Å². The summed E-state index contributed by atoms with van der Waals surface area (Å²) in [6.07, 6.45) is 5.86. The van der Waals surface area contributed by atoms with Crippen LogP contribution in [-0.4, -0.2) is 45.8 Å². The summed E-state index contributed by atoms with van der Waals surface area (Å²) >= 11 is 0. The summed E-state index contributed by atoms with van der Waals surface area (Å²) in [5.41, 5.74) is 1.43. The monoisotopic (exact) mass is 352 g/mol. The molecule has 2 aromatic rings. The van der Waals surface area contributed by atoms with Crippen molar-refractivity contribution in [1.29, 1.82) is 0 Å². The van der Waals surface area contributed by atoms with Crippen LogP contribution in [-0.2, 0) is 25.9 Å². The van der Waals surface area contributed by atoms with Gasteiger partial charge in [0.05, 0.1) is 6.54 Å². The molecule has 0 amide bonds. The molecule has 4 rings (SSSR count). The van der Waals surface area contributed by atoms with Gasteiger partial charge in [-0.1, -0.05) is 30.3 Å². The van der Waals surface area contributed by atoms with E-state index in [1.165, 1.54) is 24.8 Å². The molecule has 1 aromatic carbocycles. The Bertz CT molecular complexity index is 751. The van der Waals surface area contributed by atoms with Crippen molar-refractivity contribution in [2.75, 3.05) is 20.1 Å². The Balaban J connectivity index is 1.33. The van der Waals surface area contributed by atoms with Crippen molar-refractivity contribution >= 4 is 5.96 Å². The quantitative estimate of drug-likeness (QED) is 0.677. The van der Waals surface area contributed by atoms with Gasteiger partial charge in [-0.3, -0.25) is 4.99 Å². The van der Waals surface area contributed by atoms with E-state index in [2.05, 4.69) is 60.3 Å². The van der Waals surface area contributed by atoms with Crippen LogP contribution in [0.3, 0.4) is 0 Å². The number of likely N-dealkylation sites (tertiary alicyclic amines) is 1. The smallest absolute Gasteiger partial charge is 0.194 e. The van der Waals surface area contributed by atoms with Crippen molar-refractivity contribution in [1.82, 2.24) is 25.0 Å². The van der Waals surface area contributed by atoms with Crippen molar-refractivity contribution < 1.29 is 0 Å². The number of aromatic nitrogens is 3. The van der Waals surface area contributed by atoms with E-state index in [0.29, 0.717) is 12.5 Å². The number of benzene rings is 1. The van der Waals surface area contributed by atoms with Gasteiger partial charge in [0.15, 0.2) is 11.8 Å². The molecule has 1 aromatic heterocycles. The van der Waals surface area contributed by atoms with E-state index >= 15 is 0 Å². The molecule has 1 atom stereocenters. The van der Waals surface area contributed by atoms with Crippen LogP contribution in [0, 0.1) is 5.92 Å². The highest BCUT2D eigenvalue weighted by atomic mass is 15.3. The third kappa shape index (κ3) is 3.74. The van der Waals surface area contributed by atoms with Crippen LogP contribution >= 0.6 is 0 Å². The standard InChI is InChI=1S/C20H28N6/c1-21-20(22-14-19-24-23-18-9-5-6-11-26(18)19)25-12-10-17(15-25)13-16-7-3-2-4-8-16/h2-4,7-8,17H,5-6,9-15H2,1H3,(H,21,22). The second-order valence-corrected chi connectivity index (χ2v) is 7.33. The lowest BCUT2D eigenvalue weighted by atomic mass is 9.99. The number of hydrogen-bond donors (Lipinski definition) is 1. The molecule has 1 saturated heterocycles. The van der Waals surface area contributed by atoms with Crippen LogP contribution in [0.2, 0.25) is 0 Å². The van der Waals surface area contributed by atoms with Gasteiger partial charge >= 0.3 is 0 Å². The van der Waals surface area contributed by atoms with E-state index in [9.17, 15) is 0 Å². The molecule has 0 saturated carbocycles. The van der Waals surface area contributed by atoms with E-state index in [4.69, 9.17) is 0 Å². The van der Waals surface area contributed by atoms with E-state index in [0.717, 1.165) is 50.1 Å². The second kappa shape index (κ2) is 7.89. The van der Waals surface area contributed by atoms with Gasteiger partial charge in [-0.05, 0) is 37.2 Å². The fraction of sp³-hybridized carbons (Fsp3) is 0.550. The van der Waals surface area contributed by atoms with Crippen LogP contribution < -0.4 is 5.32 Å². The van der Waals surface area contributed by atoms with Gasteiger partial charge in [0, 0.05) is 33.1 Å². The Hall–Kier alpha value is -2.37. The average molecular weight is 352 g/mol. The molecule has 0 aliphatic carbocycles. The number of nitrogens with zero attached hydrogens (tertiary/aromatic N) is 5. The molecule has 1 N–H and O–H groups in total. The first kappa shape index (κ1) is 17.1. The lowest BCUT2D eigenvalue weighted by molar-refractivity contribution is 0.455. The van der Waals surface area contributed by atoms with Gasteiger partial charge in [-0.15, -0.1) is 10.2 Å². The number of aliphatic imine (C=N–C) groups is 1. The Morgan fingerprint density at radius 3 is 2.92 bits per heavy atom. The predicted octanol–water partition coefficient (Wildman–Crippen LogP) is 2.25. The van der Waals surface area contributed by atoms with Crippen LogP contribution in [0.5, 0.6) is 0 Å². The zero-order chi connectivity index (χ0) is 17.8. The molecular weight excluding hydrogens is 324 g/mol. The Kier molecular flexibility index (Phi) is 5.18. The molecule has 2 aliphatic heterocycles. The molecule has 1 fully saturated rings. The van der Waals surface area contributed by atoms with E-state index in [-0.39, 0.29) is 0 Å². The van der Waals surface area contributed by atoms with Crippen molar-refractivity contribution in [2.45, 2.75) is 45.2 Å². The number of fused-ring (bicyclic) bond motifs is 1. The largest absolute Gasteiger partial charge is 0.349 e. The summed E-state index contributed by atoms with van der Waals surface area (Å²) in [5, 5.41) is 12.2. The first-order chi connectivity index (χ1) is 12.8. The minimum atomic E-state index is 0.691. The van der Waals surface area contributed by atoms with Crippen molar-refractivity contribution in [2.24, 2.45) is 10.9 Å². The molecule has 2 aliphatic rings. The topological polar surface area (TPSA) is 58.3 Å². The van der Waals surface area contributed by atoms with E-state index < -0.39 is 0 Å². The molecule has 0 radical (unpaired) electrons. The van der Waals surface area contributed by atoms with Crippen molar-refractivity contribution in [3.63, 3.8) is 0 Å². The molecule has 0 bridgehead atoms. The number of nitrogens with one attached hydrogen (secondary N) is 1. The third-order valence-electron chi connectivity index (χ3n) is 5.51. The Morgan fingerprint density at radius 1 is 1.19 bits per heavy atom. The zero-order valence-corrected chi connectivity index (χ0v) is 15.6. The predicted molar refractivity (Wildman–Crippen MR) is 103 cm³/mol. The minimum absolute atomic E-state index is 0.691. The van der Waals surface area contributed by atoms with Crippen molar-refractivity contribution in [3.8, 4) is 0 Å². The average Bonchev–Trinajstić information content (AvgIpc) is 3.31. The first-order valence-corrected chi connectivity index (χ1v) is 9.74. The molecule has 26 heavy (non-hydrogen) atoms. The Labute approximate surface area is 155 Å². The zero-order valence-electron chi connectivity index (χ0n) is 15.6. The number of rotatable bonds is 4. The minimum Gasteiger partial charge on any atom is -0.349 e. The molecule has 6 nitrogen and oxygen atoms in total. The molecule has 1 unspecified atom stereocenters. The van der Waals surface area contributed by atoms with Crippen molar-refractivity contribution in [3.05, 3.63) is 47.5 Å². The third-order valence-corrected chi connectivity index (χ3v) is 5.51. The molecule has 6 heteroatoms. The van der Waals surface area contributed by atoms with E-state index in [1.807, 2.05) is 7.05 Å². The van der Waals surface area contributed by atoms with Gasteiger partial charge in [0.25, 0.3) is 0 Å². The van der Waals surface area contributed by atoms with Crippen LogP contribution in [0.25, 0.3) is 0 Å². The molecule has 138 valence electrons. The van der Waals surface area contributed by atoms with Crippen LogP contribution in [0.1, 0.15) is 36.5 Å². The summed E-state index contributed by atoms with van der Waals surface area (Å²) in [5.74, 6) is 3.83. The fourth-order valence-corrected chi connectivity index (χ4v) is 4.13. The van der Waals surface area contributed by atoms with Gasteiger partial charge in [0.1, 0.15) is 5.82 Å². The maximum atomic E-state index is 4.50. The normalized spacial score (nSPS) is 20.3. The SMILES string of the molecule is CN=C(NCc1nnc2n1CCCC2)N1CCC(Cc2ccccc2)C1. The first-order valence-electron chi connectivity index (χ1n) is 9.74. The highest BCUT2D eigenvalue weighted by Crippen LogP contribution is 2.21. The summed E-state index contributed by atoms with van der Waals surface area (Å²) < 4.78 is 2.27. The van der Waals surface area contributed by atoms with Gasteiger partial charge < -0.3 is 14.8 Å². The molecular formula is C20H28N6. The fourth-order valence-electron chi connectivity index (χ4n) is 4.13. The molecule has 0 spiro atoms. The lowest BCUT2D eigenvalue weighted by Crippen LogP contribution is -2.40. The number of hydrogen-bond acceptors (Lipinski definition) is 3. The van der Waals surface area contributed by atoms with Crippen LogP contribution in [0.4, 0.5) is 0 Å². The number of guanidine groups is 1. The maximum Gasteiger partial charge on any atom is 0.194 e. The summed E-state index contributed by atoms with van der Waals surface area (Å²) in [6, 6.07) is 10.8. The Morgan fingerprint density at radius 2 is 2.08 bits per heavy atom. The van der Waals surface area contributed by atoms with Gasteiger partial charge in [-0.2, -0.15) is 0 Å². The molecule has 3 heterocycles. The lowest BCUT2D eigenvalue weighted by Gasteiger charge is -2.22. The highest BCUT2D eigenvalue weighted by molar-refractivity contribution is 5.80. The second-order valence-electron chi connectivity index (χ2n) is 7.33. The summed E-state index contributed by atoms with van der Waals surface area (Å²) in [7, 11) is 1.87. The maximum absolute atomic E-state index is 4.50. The number of aryl methyl sites for hydroxylation is 1. The van der Waals surface area contributed by atoms with Gasteiger partial charge in [0.2, 0.25) is 0 Å². The van der Waals surface area contributed by atoms with Gasteiger partial charge in [-0.25, -0.2) is 0 Å².